The summed E-state index contributed by atoms with van der Waals surface area (Å²) in [4.78, 5) is 20.1. The molecule has 3 rings (SSSR count). The van der Waals surface area contributed by atoms with Gasteiger partial charge in [0.25, 0.3) is 10.1 Å². The molecule has 0 aliphatic rings. The number of carboxylic acids is 2. The van der Waals surface area contributed by atoms with E-state index in [-0.39, 0.29) is 0 Å². The molecule has 10 heteroatoms. The number of carbonyl (C=O) groups is 2. The summed E-state index contributed by atoms with van der Waals surface area (Å²) in [6.07, 6.45) is 0. The molecule has 0 unspecified atom stereocenters. The molecule has 0 spiro atoms. The Hall–Kier alpha value is -3.57. The SMILES string of the molecule is CC(C)[N+](C)(C)Cc1ccccc1.CC(C)[N+](C)(C)Cc1ccccc1.O=C([O-])c1cc(C(=O)[O-])cc(S(=O)(=O)O)c1. The topological polar surface area (TPSA) is 135 Å². The maximum absolute atomic E-state index is 10.7. The summed E-state index contributed by atoms with van der Waals surface area (Å²) in [5.41, 5.74) is 1.46. The summed E-state index contributed by atoms with van der Waals surface area (Å²) in [6, 6.07) is 24.5. The van der Waals surface area contributed by atoms with Gasteiger partial charge < -0.3 is 28.8 Å². The van der Waals surface area contributed by atoms with Gasteiger partial charge in [-0.25, -0.2) is 0 Å². The number of aromatic carboxylic acids is 2. The first kappa shape index (κ1) is 36.5. The number of rotatable bonds is 9. The van der Waals surface area contributed by atoms with Crippen molar-refractivity contribution in [2.75, 3.05) is 28.2 Å². The molecule has 0 aliphatic heterocycles. The van der Waals surface area contributed by atoms with Gasteiger partial charge in [-0.2, -0.15) is 8.42 Å². The van der Waals surface area contributed by atoms with Gasteiger partial charge in [-0.15, -0.1) is 0 Å². The van der Waals surface area contributed by atoms with Crippen molar-refractivity contribution in [3.8, 4) is 0 Å². The zero-order valence-corrected chi connectivity index (χ0v) is 26.6. The number of carboxylic acid groups (broad SMARTS) is 2. The Kier molecular flexibility index (Phi) is 13.5. The molecule has 3 aromatic carbocycles. The highest BCUT2D eigenvalue weighted by Gasteiger charge is 2.20. The van der Waals surface area contributed by atoms with E-state index < -0.39 is 38.1 Å². The largest absolute Gasteiger partial charge is 0.545 e. The lowest BCUT2D eigenvalue weighted by atomic mass is 10.1. The van der Waals surface area contributed by atoms with E-state index in [0.29, 0.717) is 30.3 Å². The molecule has 3 aromatic rings. The van der Waals surface area contributed by atoms with E-state index in [0.717, 1.165) is 22.1 Å². The Morgan fingerprint density at radius 3 is 1.21 bits per heavy atom. The van der Waals surface area contributed by atoms with E-state index in [2.05, 4.69) is 117 Å². The molecule has 0 saturated heterocycles. The van der Waals surface area contributed by atoms with Crippen molar-refractivity contribution in [1.82, 2.24) is 0 Å². The lowest BCUT2D eigenvalue weighted by Gasteiger charge is -2.34. The molecular formula is C32H44N2O7S. The first-order valence-electron chi connectivity index (χ1n) is 13.5. The van der Waals surface area contributed by atoms with Gasteiger partial charge in [0.05, 0.1) is 57.1 Å². The van der Waals surface area contributed by atoms with Gasteiger partial charge >= 0.3 is 0 Å². The van der Waals surface area contributed by atoms with Crippen LogP contribution in [0.15, 0.2) is 83.8 Å². The Morgan fingerprint density at radius 1 is 0.667 bits per heavy atom. The number of hydrogen-bond acceptors (Lipinski definition) is 6. The predicted octanol–water partition coefficient (Wildman–Crippen LogP) is 3.00. The van der Waals surface area contributed by atoms with Crippen LogP contribution in [0, 0.1) is 0 Å². The van der Waals surface area contributed by atoms with E-state index in [1.807, 2.05) is 0 Å². The van der Waals surface area contributed by atoms with Crippen LogP contribution in [-0.2, 0) is 23.2 Å². The minimum Gasteiger partial charge on any atom is -0.545 e. The van der Waals surface area contributed by atoms with Crippen LogP contribution in [0.25, 0.3) is 0 Å². The molecule has 0 radical (unpaired) electrons. The van der Waals surface area contributed by atoms with Gasteiger partial charge in [0.15, 0.2) is 0 Å². The molecule has 0 aromatic heterocycles. The fraction of sp³-hybridized carbons (Fsp3) is 0.375. The highest BCUT2D eigenvalue weighted by Crippen LogP contribution is 2.15. The maximum Gasteiger partial charge on any atom is 0.294 e. The molecule has 230 valence electrons. The van der Waals surface area contributed by atoms with Crippen molar-refractivity contribution in [3.63, 3.8) is 0 Å². The van der Waals surface area contributed by atoms with Gasteiger partial charge in [0.2, 0.25) is 0 Å². The second kappa shape index (κ2) is 15.6. The summed E-state index contributed by atoms with van der Waals surface area (Å²) in [5.74, 6) is -3.54. The Bertz CT molecular complexity index is 1310. The van der Waals surface area contributed by atoms with Crippen LogP contribution in [0.3, 0.4) is 0 Å². The van der Waals surface area contributed by atoms with Crippen molar-refractivity contribution < 1.29 is 41.7 Å². The molecule has 0 saturated carbocycles. The van der Waals surface area contributed by atoms with Gasteiger partial charge in [0.1, 0.15) is 13.1 Å². The zero-order valence-electron chi connectivity index (χ0n) is 25.8. The summed E-state index contributed by atoms with van der Waals surface area (Å²) in [5, 5.41) is 20.9. The molecule has 1 N–H and O–H groups in total. The van der Waals surface area contributed by atoms with E-state index in [4.69, 9.17) is 4.55 Å². The summed E-state index contributed by atoms with van der Waals surface area (Å²) in [6.45, 7) is 11.3. The molecule has 0 atom stereocenters. The molecule has 0 heterocycles. The molecular weight excluding hydrogens is 556 g/mol. The third-order valence-corrected chi connectivity index (χ3v) is 8.17. The average molecular weight is 601 g/mol. The van der Waals surface area contributed by atoms with Gasteiger partial charge in [-0.3, -0.25) is 4.55 Å². The van der Waals surface area contributed by atoms with Crippen LogP contribution < -0.4 is 10.2 Å². The van der Waals surface area contributed by atoms with Crippen LogP contribution in [0.5, 0.6) is 0 Å². The van der Waals surface area contributed by atoms with E-state index in [1.165, 1.54) is 11.1 Å². The lowest BCUT2D eigenvalue weighted by molar-refractivity contribution is -0.924. The van der Waals surface area contributed by atoms with E-state index in [9.17, 15) is 28.2 Å². The third kappa shape index (κ3) is 12.5. The van der Waals surface area contributed by atoms with Crippen LogP contribution in [0.4, 0.5) is 0 Å². The molecule has 0 bridgehead atoms. The fourth-order valence-corrected chi connectivity index (χ4v) is 4.01. The van der Waals surface area contributed by atoms with Crippen LogP contribution in [0.1, 0.15) is 59.5 Å². The summed E-state index contributed by atoms with van der Waals surface area (Å²) >= 11 is 0. The third-order valence-electron chi connectivity index (χ3n) is 7.34. The standard InChI is InChI=1S/2C12H20N.C8H6O7S/c2*1-11(2)13(3,4)10-12-8-6-5-7-9-12;9-7(10)4-1-5(8(11)12)3-6(2-4)16(13,14)15/h2*5-9,11H,10H2,1-4H3;1-3H,(H,9,10)(H,11,12)(H,13,14,15)/q2*+1;/p-2. The number of quaternary nitrogens is 2. The van der Waals surface area contributed by atoms with Crippen molar-refractivity contribution in [3.05, 3.63) is 101 Å². The maximum atomic E-state index is 10.7. The smallest absolute Gasteiger partial charge is 0.294 e. The van der Waals surface area contributed by atoms with Gasteiger partial charge in [-0.1, -0.05) is 60.7 Å². The first-order chi connectivity index (χ1) is 19.3. The number of hydrogen-bond donors (Lipinski definition) is 1. The Labute approximate surface area is 250 Å². The second-order valence-electron chi connectivity index (χ2n) is 11.8. The normalized spacial score (nSPS) is 11.7. The average Bonchev–Trinajstić information content (AvgIpc) is 2.89. The number of carbonyl (C=O) groups excluding carboxylic acids is 2. The van der Waals surface area contributed by atoms with Crippen molar-refractivity contribution >= 4 is 22.1 Å². The van der Waals surface area contributed by atoms with Crippen LogP contribution in [-0.4, -0.2) is 74.1 Å². The lowest BCUT2D eigenvalue weighted by Crippen LogP contribution is -2.44. The van der Waals surface area contributed by atoms with Gasteiger partial charge in [0, 0.05) is 11.1 Å². The number of nitrogens with zero attached hydrogens (tertiary/aromatic N) is 2. The highest BCUT2D eigenvalue weighted by molar-refractivity contribution is 7.85. The zero-order chi connectivity index (χ0) is 32.3. The van der Waals surface area contributed by atoms with Gasteiger partial charge in [-0.05, 0) is 57.0 Å². The minimum atomic E-state index is -4.70. The molecule has 9 nitrogen and oxygen atoms in total. The first-order valence-corrected chi connectivity index (χ1v) is 15.0. The summed E-state index contributed by atoms with van der Waals surface area (Å²) < 4.78 is 32.2. The molecule has 0 amide bonds. The molecule has 0 fully saturated rings. The number of benzene rings is 3. The monoisotopic (exact) mass is 600 g/mol. The van der Waals surface area contributed by atoms with Crippen LogP contribution in [0.2, 0.25) is 0 Å². The van der Waals surface area contributed by atoms with Crippen molar-refractivity contribution in [1.29, 1.82) is 0 Å². The summed E-state index contributed by atoms with van der Waals surface area (Å²) in [7, 11) is 4.40. The van der Waals surface area contributed by atoms with E-state index in [1.54, 1.807) is 0 Å². The van der Waals surface area contributed by atoms with E-state index >= 15 is 0 Å². The quantitative estimate of drug-likeness (QED) is 0.295. The Morgan fingerprint density at radius 2 is 0.976 bits per heavy atom. The van der Waals surface area contributed by atoms with Crippen molar-refractivity contribution in [2.24, 2.45) is 0 Å². The minimum absolute atomic E-state index is 0.580. The highest BCUT2D eigenvalue weighted by atomic mass is 32.2. The second-order valence-corrected chi connectivity index (χ2v) is 13.2. The molecule has 0 aliphatic carbocycles. The Balaban J connectivity index is 0.000000318. The predicted molar refractivity (Wildman–Crippen MR) is 160 cm³/mol. The fourth-order valence-electron chi connectivity index (χ4n) is 3.46. The molecule has 42 heavy (non-hydrogen) atoms. The van der Waals surface area contributed by atoms with Crippen molar-refractivity contribution in [2.45, 2.75) is 57.8 Å². The van der Waals surface area contributed by atoms with Crippen LogP contribution >= 0.6 is 0 Å².